The van der Waals surface area contributed by atoms with Crippen molar-refractivity contribution in [1.82, 2.24) is 19.6 Å². The first kappa shape index (κ1) is 22.8. The highest BCUT2D eigenvalue weighted by atomic mass is 15.2. The van der Waals surface area contributed by atoms with E-state index in [4.69, 9.17) is 10.1 Å². The van der Waals surface area contributed by atoms with Crippen molar-refractivity contribution in [2.45, 2.75) is 0 Å². The van der Waals surface area contributed by atoms with Gasteiger partial charge in [-0.2, -0.15) is 5.10 Å². The molecule has 0 fully saturated rings. The topological polar surface area (TPSA) is 43.1 Å². The van der Waals surface area contributed by atoms with Crippen molar-refractivity contribution >= 4 is 70.5 Å². The Bertz CT molecular complexity index is 2720. The maximum Gasteiger partial charge on any atom is 0.0972 e. The van der Waals surface area contributed by atoms with E-state index in [1.807, 2.05) is 16.8 Å². The fraction of sp³-hybridized carbons (Fsp3) is 0. The van der Waals surface area contributed by atoms with Gasteiger partial charge in [-0.05, 0) is 79.8 Å². The minimum absolute atomic E-state index is 0.871. The molecule has 198 valence electrons. The monoisotopic (exact) mass is 546 g/mol. The van der Waals surface area contributed by atoms with E-state index in [1.54, 1.807) is 0 Å². The third kappa shape index (κ3) is 3.18. The predicted molar refractivity (Wildman–Crippen MR) is 178 cm³/mol. The normalized spacial score (nSPS) is 12.2. The maximum atomic E-state index is 5.11. The van der Waals surface area contributed by atoms with Crippen LogP contribution in [0.3, 0.4) is 0 Å². The van der Waals surface area contributed by atoms with Gasteiger partial charge in [0.05, 0.1) is 33.5 Å². The summed E-state index contributed by atoms with van der Waals surface area (Å²) in [6, 6.07) is 45.5. The largest absolute Gasteiger partial charge is 0.254 e. The summed E-state index contributed by atoms with van der Waals surface area (Å²) in [7, 11) is 0. The van der Waals surface area contributed by atoms with Crippen LogP contribution >= 0.6 is 0 Å². The van der Waals surface area contributed by atoms with Gasteiger partial charge in [0.2, 0.25) is 0 Å². The van der Waals surface area contributed by atoms with E-state index in [-0.39, 0.29) is 0 Å². The molecule has 6 aromatic carbocycles. The molecule has 4 heteroatoms. The van der Waals surface area contributed by atoms with E-state index in [2.05, 4.69) is 126 Å². The fourth-order valence-electron chi connectivity index (χ4n) is 6.96. The van der Waals surface area contributed by atoms with Crippen LogP contribution in [-0.4, -0.2) is 19.6 Å². The second-order valence-electron chi connectivity index (χ2n) is 11.3. The van der Waals surface area contributed by atoms with E-state index in [0.717, 1.165) is 49.6 Å². The van der Waals surface area contributed by atoms with Gasteiger partial charge in [0.1, 0.15) is 0 Å². The molecule has 0 aliphatic carbocycles. The minimum Gasteiger partial charge on any atom is -0.254 e. The average molecular weight is 547 g/mol. The number of hydrogen-bond donors (Lipinski definition) is 0. The zero-order valence-corrected chi connectivity index (χ0v) is 23.0. The summed E-state index contributed by atoms with van der Waals surface area (Å²) in [5.41, 5.74) is 8.08. The Morgan fingerprint density at radius 3 is 2.14 bits per heavy atom. The quantitative estimate of drug-likeness (QED) is 0.203. The van der Waals surface area contributed by atoms with Crippen molar-refractivity contribution in [1.29, 1.82) is 0 Å². The number of rotatable bonds is 2. The number of nitrogens with zero attached hydrogens (tertiary/aromatic N) is 4. The Morgan fingerprint density at radius 1 is 0.512 bits per heavy atom. The molecule has 0 atom stereocenters. The molecular weight excluding hydrogens is 524 g/mol. The average Bonchev–Trinajstić information content (AvgIpc) is 3.45. The van der Waals surface area contributed by atoms with E-state index in [9.17, 15) is 0 Å². The van der Waals surface area contributed by atoms with Crippen molar-refractivity contribution < 1.29 is 0 Å². The van der Waals surface area contributed by atoms with Crippen LogP contribution in [0.5, 0.6) is 0 Å². The summed E-state index contributed by atoms with van der Waals surface area (Å²) < 4.78 is 2.03. The number of aromatic nitrogens is 4. The predicted octanol–water partition coefficient (Wildman–Crippen LogP) is 9.82. The lowest BCUT2D eigenvalue weighted by atomic mass is 9.89. The van der Waals surface area contributed by atoms with E-state index in [1.165, 1.54) is 43.4 Å². The maximum absolute atomic E-state index is 5.11. The molecule has 0 saturated carbocycles. The first-order chi connectivity index (χ1) is 21.3. The first-order valence-electron chi connectivity index (χ1n) is 14.5. The van der Waals surface area contributed by atoms with Crippen molar-refractivity contribution in [3.63, 3.8) is 0 Å². The SMILES string of the molecule is c1cnc2c(c1)ccc1ccc(-c3cccc4c5cc(-c6ccc7ccc8cccc9ccc6c7c89)ccc5nn34)nc12. The third-order valence-electron chi connectivity index (χ3n) is 8.98. The highest BCUT2D eigenvalue weighted by molar-refractivity contribution is 6.25. The first-order valence-corrected chi connectivity index (χ1v) is 14.5. The fourth-order valence-corrected chi connectivity index (χ4v) is 6.96. The van der Waals surface area contributed by atoms with Crippen LogP contribution in [0.25, 0.3) is 93.1 Å². The van der Waals surface area contributed by atoms with Gasteiger partial charge in [0.25, 0.3) is 0 Å². The summed E-state index contributed by atoms with van der Waals surface area (Å²) in [5, 5.41) is 16.1. The number of pyridine rings is 3. The smallest absolute Gasteiger partial charge is 0.0972 e. The van der Waals surface area contributed by atoms with Crippen molar-refractivity contribution in [3.8, 4) is 22.5 Å². The lowest BCUT2D eigenvalue weighted by molar-refractivity contribution is 0.984. The molecule has 43 heavy (non-hydrogen) atoms. The number of fused-ring (bicyclic) bond motifs is 6. The van der Waals surface area contributed by atoms with Crippen LogP contribution in [0.1, 0.15) is 0 Å². The summed E-state index contributed by atoms with van der Waals surface area (Å²) in [5.74, 6) is 0. The highest BCUT2D eigenvalue weighted by Crippen LogP contribution is 2.40. The van der Waals surface area contributed by atoms with Crippen molar-refractivity contribution in [2.24, 2.45) is 0 Å². The Kier molecular flexibility index (Phi) is 4.42. The van der Waals surface area contributed by atoms with Gasteiger partial charge in [-0.3, -0.25) is 4.98 Å². The molecule has 0 saturated heterocycles. The summed E-state index contributed by atoms with van der Waals surface area (Å²) in [6.45, 7) is 0. The van der Waals surface area contributed by atoms with Gasteiger partial charge < -0.3 is 0 Å². The highest BCUT2D eigenvalue weighted by Gasteiger charge is 2.16. The molecule has 0 aliphatic heterocycles. The van der Waals surface area contributed by atoms with Crippen LogP contribution in [0, 0.1) is 0 Å². The van der Waals surface area contributed by atoms with E-state index < -0.39 is 0 Å². The summed E-state index contributed by atoms with van der Waals surface area (Å²) in [4.78, 5) is 9.75. The minimum atomic E-state index is 0.871. The number of benzene rings is 6. The molecule has 4 aromatic heterocycles. The molecule has 0 unspecified atom stereocenters. The zero-order valence-electron chi connectivity index (χ0n) is 23.0. The lowest BCUT2D eigenvalue weighted by Gasteiger charge is -2.14. The van der Waals surface area contributed by atoms with Crippen molar-refractivity contribution in [2.75, 3.05) is 0 Å². The molecule has 10 aromatic rings. The van der Waals surface area contributed by atoms with Crippen LogP contribution in [-0.2, 0) is 0 Å². The van der Waals surface area contributed by atoms with Gasteiger partial charge in [0.15, 0.2) is 0 Å². The molecule has 10 rings (SSSR count). The van der Waals surface area contributed by atoms with E-state index >= 15 is 0 Å². The van der Waals surface area contributed by atoms with Gasteiger partial charge in [0, 0.05) is 22.4 Å². The van der Waals surface area contributed by atoms with Gasteiger partial charge in [-0.15, -0.1) is 0 Å². The van der Waals surface area contributed by atoms with Crippen LogP contribution in [0.4, 0.5) is 0 Å². The molecule has 0 N–H and O–H groups in total. The van der Waals surface area contributed by atoms with E-state index in [0.29, 0.717) is 0 Å². The molecule has 4 heterocycles. The molecule has 0 spiro atoms. The Morgan fingerprint density at radius 2 is 1.23 bits per heavy atom. The van der Waals surface area contributed by atoms with Crippen LogP contribution in [0.2, 0.25) is 0 Å². The van der Waals surface area contributed by atoms with Gasteiger partial charge >= 0.3 is 0 Å². The molecule has 0 radical (unpaired) electrons. The van der Waals surface area contributed by atoms with Crippen molar-refractivity contribution in [3.05, 3.63) is 134 Å². The van der Waals surface area contributed by atoms with Crippen LogP contribution in [0.15, 0.2) is 134 Å². The zero-order chi connectivity index (χ0) is 28.1. The van der Waals surface area contributed by atoms with Crippen LogP contribution < -0.4 is 0 Å². The molecule has 0 bridgehead atoms. The molecule has 0 amide bonds. The molecular formula is C39H22N4. The third-order valence-corrected chi connectivity index (χ3v) is 8.98. The lowest BCUT2D eigenvalue weighted by Crippen LogP contribution is -1.96. The molecule has 0 aliphatic rings. The summed E-state index contributed by atoms with van der Waals surface area (Å²) in [6.07, 6.45) is 1.83. The Hall–Kier alpha value is -5.87. The second-order valence-corrected chi connectivity index (χ2v) is 11.3. The Labute approximate surface area is 245 Å². The van der Waals surface area contributed by atoms with Gasteiger partial charge in [-0.1, -0.05) is 91.0 Å². The van der Waals surface area contributed by atoms with Gasteiger partial charge in [-0.25, -0.2) is 9.50 Å². The summed E-state index contributed by atoms with van der Waals surface area (Å²) >= 11 is 0. The second kappa shape index (κ2) is 8.34. The number of hydrogen-bond acceptors (Lipinski definition) is 3. The molecule has 4 nitrogen and oxygen atoms in total. The standard InChI is InChI=1S/C39H22N4/c1-4-23-9-10-25-13-17-29(30-18-14-24(5-1)36(23)37(25)30)28-16-19-32-31(22-28)34-7-2-8-35(43(34)42-32)33-20-15-27-12-11-26-6-3-21-40-38(26)39(27)41-33/h1-22H. The Balaban J connectivity index is 1.18.